The number of nitrogens with one attached hydrogen (secondary N) is 2. The standard InChI is InChI=1S/C13H19F3N2O2/c1-2-10(19)17-8-9-18-11(20)12(13(14,15)16)6-4-3-5-7-12/h2H,1,3-9H2,(H,17,19)(H,18,20). The Morgan fingerprint density at radius 1 is 1.10 bits per heavy atom. The zero-order chi connectivity index (χ0) is 15.2. The number of carbonyl (C=O) groups excluding carboxylic acids is 2. The highest BCUT2D eigenvalue weighted by molar-refractivity contribution is 5.87. The average Bonchev–Trinajstić information content (AvgIpc) is 2.42. The first kappa shape index (κ1) is 16.5. The van der Waals surface area contributed by atoms with Gasteiger partial charge in [0.25, 0.3) is 0 Å². The second-order valence-corrected chi connectivity index (χ2v) is 4.89. The Kier molecular flexibility index (Phi) is 5.59. The zero-order valence-corrected chi connectivity index (χ0v) is 11.2. The summed E-state index contributed by atoms with van der Waals surface area (Å²) < 4.78 is 39.6. The van der Waals surface area contributed by atoms with Crippen molar-refractivity contribution in [3.05, 3.63) is 12.7 Å². The van der Waals surface area contributed by atoms with Crippen LogP contribution in [0.2, 0.25) is 0 Å². The summed E-state index contributed by atoms with van der Waals surface area (Å²) in [4.78, 5) is 22.8. The molecule has 0 aromatic heterocycles. The molecule has 0 bridgehead atoms. The molecule has 20 heavy (non-hydrogen) atoms. The van der Waals surface area contributed by atoms with E-state index in [1.54, 1.807) is 0 Å². The molecule has 0 aromatic carbocycles. The summed E-state index contributed by atoms with van der Waals surface area (Å²) in [6.45, 7) is 3.29. The van der Waals surface area contributed by atoms with Crippen LogP contribution in [0, 0.1) is 5.41 Å². The van der Waals surface area contributed by atoms with Gasteiger partial charge in [0.2, 0.25) is 11.8 Å². The van der Waals surface area contributed by atoms with Gasteiger partial charge in [-0.2, -0.15) is 13.2 Å². The third-order valence-corrected chi connectivity index (χ3v) is 3.58. The van der Waals surface area contributed by atoms with E-state index in [2.05, 4.69) is 17.2 Å². The number of alkyl halides is 3. The molecule has 0 radical (unpaired) electrons. The molecule has 114 valence electrons. The minimum Gasteiger partial charge on any atom is -0.354 e. The molecular weight excluding hydrogens is 273 g/mol. The third kappa shape index (κ3) is 3.74. The molecule has 0 aromatic rings. The summed E-state index contributed by atoms with van der Waals surface area (Å²) >= 11 is 0. The molecule has 1 saturated carbocycles. The van der Waals surface area contributed by atoms with E-state index < -0.39 is 23.4 Å². The second-order valence-electron chi connectivity index (χ2n) is 4.89. The number of carbonyl (C=O) groups is 2. The summed E-state index contributed by atoms with van der Waals surface area (Å²) in [5.74, 6) is -1.42. The largest absolute Gasteiger partial charge is 0.403 e. The fourth-order valence-electron chi connectivity index (χ4n) is 2.40. The van der Waals surface area contributed by atoms with Crippen molar-refractivity contribution in [2.45, 2.75) is 38.3 Å². The lowest BCUT2D eigenvalue weighted by molar-refractivity contribution is -0.230. The van der Waals surface area contributed by atoms with Crippen molar-refractivity contribution in [1.29, 1.82) is 0 Å². The monoisotopic (exact) mass is 292 g/mol. The fourth-order valence-corrected chi connectivity index (χ4v) is 2.40. The number of hydrogen-bond donors (Lipinski definition) is 2. The minimum absolute atomic E-state index is 0.0315. The Labute approximate surface area is 115 Å². The molecular formula is C13H19F3N2O2. The van der Waals surface area contributed by atoms with Crippen LogP contribution in [0.5, 0.6) is 0 Å². The van der Waals surface area contributed by atoms with Crippen molar-refractivity contribution >= 4 is 11.8 Å². The Hall–Kier alpha value is -1.53. The van der Waals surface area contributed by atoms with Crippen LogP contribution in [0.1, 0.15) is 32.1 Å². The van der Waals surface area contributed by atoms with Crippen molar-refractivity contribution in [2.24, 2.45) is 5.41 Å². The van der Waals surface area contributed by atoms with Gasteiger partial charge in [-0.1, -0.05) is 25.8 Å². The Bertz CT molecular complexity index is 374. The Balaban J connectivity index is 2.57. The second kappa shape index (κ2) is 6.76. The number of halogens is 3. The van der Waals surface area contributed by atoms with E-state index in [9.17, 15) is 22.8 Å². The predicted molar refractivity (Wildman–Crippen MR) is 67.8 cm³/mol. The van der Waals surface area contributed by atoms with E-state index in [0.29, 0.717) is 12.8 Å². The van der Waals surface area contributed by atoms with Crippen LogP contribution >= 0.6 is 0 Å². The molecule has 2 amide bonds. The number of hydrogen-bond acceptors (Lipinski definition) is 2. The molecule has 0 aliphatic heterocycles. The first-order valence-corrected chi connectivity index (χ1v) is 6.59. The highest BCUT2D eigenvalue weighted by Gasteiger charge is 2.59. The van der Waals surface area contributed by atoms with E-state index in [1.165, 1.54) is 0 Å². The van der Waals surface area contributed by atoms with Gasteiger partial charge in [-0.3, -0.25) is 9.59 Å². The van der Waals surface area contributed by atoms with Crippen molar-refractivity contribution in [2.75, 3.05) is 13.1 Å². The summed E-state index contributed by atoms with van der Waals surface area (Å²) in [5.41, 5.74) is -2.27. The van der Waals surface area contributed by atoms with Crippen LogP contribution < -0.4 is 10.6 Å². The van der Waals surface area contributed by atoms with Gasteiger partial charge in [-0.15, -0.1) is 0 Å². The highest BCUT2D eigenvalue weighted by atomic mass is 19.4. The lowest BCUT2D eigenvalue weighted by Gasteiger charge is -2.37. The maximum atomic E-state index is 13.2. The van der Waals surface area contributed by atoms with Crippen LogP contribution in [0.15, 0.2) is 12.7 Å². The SMILES string of the molecule is C=CC(=O)NCCNC(=O)C1(C(F)(F)F)CCCCC1. The zero-order valence-electron chi connectivity index (χ0n) is 11.2. The van der Waals surface area contributed by atoms with E-state index in [4.69, 9.17) is 0 Å². The molecule has 2 N–H and O–H groups in total. The Morgan fingerprint density at radius 3 is 2.15 bits per heavy atom. The van der Waals surface area contributed by atoms with E-state index >= 15 is 0 Å². The molecule has 0 heterocycles. The normalized spacial score (nSPS) is 18.1. The maximum Gasteiger partial charge on any atom is 0.403 e. The number of amides is 2. The summed E-state index contributed by atoms with van der Waals surface area (Å²) in [6, 6.07) is 0. The first-order chi connectivity index (χ1) is 9.33. The molecule has 0 spiro atoms. The lowest BCUT2D eigenvalue weighted by Crippen LogP contribution is -2.52. The van der Waals surface area contributed by atoms with Gasteiger partial charge >= 0.3 is 6.18 Å². The first-order valence-electron chi connectivity index (χ1n) is 6.59. The third-order valence-electron chi connectivity index (χ3n) is 3.58. The molecule has 1 fully saturated rings. The van der Waals surface area contributed by atoms with Gasteiger partial charge in [0.1, 0.15) is 5.41 Å². The van der Waals surface area contributed by atoms with Crippen molar-refractivity contribution < 1.29 is 22.8 Å². The topological polar surface area (TPSA) is 58.2 Å². The van der Waals surface area contributed by atoms with Gasteiger partial charge in [0.15, 0.2) is 0 Å². The minimum atomic E-state index is -4.54. The highest BCUT2D eigenvalue weighted by Crippen LogP contribution is 2.49. The molecule has 4 nitrogen and oxygen atoms in total. The predicted octanol–water partition coefficient (Wildman–Crippen LogP) is 1.92. The van der Waals surface area contributed by atoms with Crippen molar-refractivity contribution in [3.8, 4) is 0 Å². The summed E-state index contributed by atoms with van der Waals surface area (Å²) in [7, 11) is 0. The molecule has 0 saturated heterocycles. The molecule has 0 atom stereocenters. The van der Waals surface area contributed by atoms with Gasteiger partial charge < -0.3 is 10.6 Å². The van der Waals surface area contributed by atoms with Gasteiger partial charge in [0.05, 0.1) is 0 Å². The molecule has 1 aliphatic carbocycles. The van der Waals surface area contributed by atoms with Crippen molar-refractivity contribution in [1.82, 2.24) is 10.6 Å². The van der Waals surface area contributed by atoms with E-state index in [0.717, 1.165) is 12.5 Å². The fraction of sp³-hybridized carbons (Fsp3) is 0.692. The van der Waals surface area contributed by atoms with Crippen LogP contribution in [-0.4, -0.2) is 31.1 Å². The molecule has 0 unspecified atom stereocenters. The van der Waals surface area contributed by atoms with Gasteiger partial charge in [-0.25, -0.2) is 0 Å². The molecule has 1 aliphatic rings. The summed E-state index contributed by atoms with van der Waals surface area (Å²) in [6.07, 6.45) is -2.29. The van der Waals surface area contributed by atoms with E-state index in [-0.39, 0.29) is 25.9 Å². The molecule has 7 heteroatoms. The lowest BCUT2D eigenvalue weighted by atomic mass is 9.72. The van der Waals surface area contributed by atoms with E-state index in [1.807, 2.05) is 0 Å². The average molecular weight is 292 g/mol. The Morgan fingerprint density at radius 2 is 1.65 bits per heavy atom. The molecule has 1 rings (SSSR count). The van der Waals surface area contributed by atoms with Crippen LogP contribution in [-0.2, 0) is 9.59 Å². The van der Waals surface area contributed by atoms with Crippen LogP contribution in [0.3, 0.4) is 0 Å². The van der Waals surface area contributed by atoms with Gasteiger partial charge in [0, 0.05) is 13.1 Å². The maximum absolute atomic E-state index is 13.2. The smallest absolute Gasteiger partial charge is 0.354 e. The quantitative estimate of drug-likeness (QED) is 0.601. The van der Waals surface area contributed by atoms with Crippen LogP contribution in [0.4, 0.5) is 13.2 Å². The van der Waals surface area contributed by atoms with Gasteiger partial charge in [-0.05, 0) is 18.9 Å². The van der Waals surface area contributed by atoms with Crippen LogP contribution in [0.25, 0.3) is 0 Å². The van der Waals surface area contributed by atoms with Crippen molar-refractivity contribution in [3.63, 3.8) is 0 Å². The number of rotatable bonds is 5. The summed E-state index contributed by atoms with van der Waals surface area (Å²) in [5, 5.41) is 4.66.